The van der Waals surface area contributed by atoms with Gasteiger partial charge in [0.15, 0.2) is 5.79 Å². The van der Waals surface area contributed by atoms with E-state index in [1.165, 1.54) is 28.4 Å². The molecule has 0 heterocycles. The molecule has 2 aliphatic rings. The Bertz CT molecular complexity index is 445. The first-order chi connectivity index (χ1) is 10.4. The number of carbonyl (C=O) groups is 2. The number of aliphatic hydroxyl groups excluding tert-OH is 1. The molecule has 0 amide bonds. The molecule has 4 atom stereocenters. The molecule has 1 N–H and O–H groups in total. The second kappa shape index (κ2) is 6.14. The molecular weight excluding hydrogens is 292 g/mol. The highest BCUT2D eigenvalue weighted by Crippen LogP contribution is 2.62. The van der Waals surface area contributed by atoms with E-state index < -0.39 is 41.1 Å². The van der Waals surface area contributed by atoms with Crippen molar-refractivity contribution in [3.8, 4) is 0 Å². The van der Waals surface area contributed by atoms with Crippen LogP contribution in [0.1, 0.15) is 25.7 Å². The van der Waals surface area contributed by atoms with Crippen molar-refractivity contribution in [3.63, 3.8) is 0 Å². The summed E-state index contributed by atoms with van der Waals surface area (Å²) in [5, 5.41) is 10.4. The Morgan fingerprint density at radius 1 is 1.09 bits per heavy atom. The predicted molar refractivity (Wildman–Crippen MR) is 74.7 cm³/mol. The third-order valence-corrected chi connectivity index (χ3v) is 5.38. The molecule has 0 spiro atoms. The zero-order chi connectivity index (χ0) is 16.5. The predicted octanol–water partition coefficient (Wildman–Crippen LogP) is 0.489. The number of aliphatic hydroxyl groups is 1. The van der Waals surface area contributed by atoms with Crippen LogP contribution >= 0.6 is 0 Å². The molecule has 2 rings (SSSR count). The third kappa shape index (κ3) is 1.99. The largest absolute Gasteiger partial charge is 0.469 e. The standard InChI is InChI=1S/C15H24O7/c1-19-12(17)10-8-9-11(16)6-5-7-14(9,13(18)20-2)15(10,21-3)22-4/h9-11,16H,5-8H2,1-4H3/t9-,10+,11-,14-/m1/s1. The Morgan fingerprint density at radius 3 is 2.23 bits per heavy atom. The van der Waals surface area contributed by atoms with Crippen LogP contribution in [0, 0.1) is 17.3 Å². The SMILES string of the molecule is COC(=O)[C@@H]1C[C@@H]2[C@H](O)CCC[C@@]2(C(=O)OC)C1(OC)OC. The summed E-state index contributed by atoms with van der Waals surface area (Å²) in [6.07, 6.45) is 1.16. The van der Waals surface area contributed by atoms with Crippen molar-refractivity contribution < 1.29 is 33.6 Å². The van der Waals surface area contributed by atoms with E-state index in [0.717, 1.165) is 0 Å². The summed E-state index contributed by atoms with van der Waals surface area (Å²) in [4.78, 5) is 24.9. The Balaban J connectivity index is 2.63. The first-order valence-corrected chi connectivity index (χ1v) is 7.39. The fourth-order valence-corrected chi connectivity index (χ4v) is 4.52. The van der Waals surface area contributed by atoms with Gasteiger partial charge in [-0.2, -0.15) is 0 Å². The van der Waals surface area contributed by atoms with Crippen LogP contribution in [-0.4, -0.2) is 57.4 Å². The van der Waals surface area contributed by atoms with E-state index in [-0.39, 0.29) is 6.42 Å². The van der Waals surface area contributed by atoms with Crippen LogP contribution < -0.4 is 0 Å². The van der Waals surface area contributed by atoms with Crippen molar-refractivity contribution in [2.45, 2.75) is 37.6 Å². The summed E-state index contributed by atoms with van der Waals surface area (Å²) in [6.45, 7) is 0. The summed E-state index contributed by atoms with van der Waals surface area (Å²) in [5.74, 6) is -3.82. The molecule has 22 heavy (non-hydrogen) atoms. The van der Waals surface area contributed by atoms with Gasteiger partial charge in [-0.05, 0) is 25.7 Å². The second-order valence-corrected chi connectivity index (χ2v) is 5.92. The minimum absolute atomic E-state index is 0.255. The maximum Gasteiger partial charge on any atom is 0.317 e. The highest BCUT2D eigenvalue weighted by atomic mass is 16.7. The first kappa shape index (κ1) is 17.2. The summed E-state index contributed by atoms with van der Waals surface area (Å²) in [7, 11) is 5.36. The van der Waals surface area contributed by atoms with Crippen LogP contribution in [0.5, 0.6) is 0 Å². The molecule has 2 aliphatic carbocycles. The first-order valence-electron chi connectivity index (χ1n) is 7.39. The van der Waals surface area contributed by atoms with Gasteiger partial charge in [0.05, 0.1) is 20.3 Å². The average Bonchev–Trinajstić information content (AvgIpc) is 2.86. The van der Waals surface area contributed by atoms with Crippen LogP contribution in [0.25, 0.3) is 0 Å². The molecule has 126 valence electrons. The maximum atomic E-state index is 12.7. The number of hydrogen-bond acceptors (Lipinski definition) is 7. The third-order valence-electron chi connectivity index (χ3n) is 5.38. The molecule has 0 aromatic carbocycles. The maximum absolute atomic E-state index is 12.7. The van der Waals surface area contributed by atoms with Gasteiger partial charge in [0, 0.05) is 20.1 Å². The topological polar surface area (TPSA) is 91.3 Å². The van der Waals surface area contributed by atoms with Crippen molar-refractivity contribution >= 4 is 11.9 Å². The number of rotatable bonds is 4. The van der Waals surface area contributed by atoms with Crippen LogP contribution in [0.4, 0.5) is 0 Å². The fourth-order valence-electron chi connectivity index (χ4n) is 4.52. The van der Waals surface area contributed by atoms with E-state index >= 15 is 0 Å². The number of carbonyl (C=O) groups excluding carboxylic acids is 2. The van der Waals surface area contributed by atoms with Crippen molar-refractivity contribution in [1.29, 1.82) is 0 Å². The molecule has 7 nitrogen and oxygen atoms in total. The van der Waals surface area contributed by atoms with Crippen molar-refractivity contribution in [1.82, 2.24) is 0 Å². The van der Waals surface area contributed by atoms with Crippen LogP contribution in [0.3, 0.4) is 0 Å². The zero-order valence-corrected chi connectivity index (χ0v) is 13.5. The molecule has 0 bridgehead atoms. The van der Waals surface area contributed by atoms with Crippen LogP contribution in [0.15, 0.2) is 0 Å². The van der Waals surface area contributed by atoms with Crippen molar-refractivity contribution in [2.24, 2.45) is 17.3 Å². The Kier molecular flexibility index (Phi) is 4.79. The molecule has 0 radical (unpaired) electrons. The van der Waals surface area contributed by atoms with E-state index in [1.807, 2.05) is 0 Å². The van der Waals surface area contributed by atoms with Gasteiger partial charge >= 0.3 is 11.9 Å². The average molecular weight is 316 g/mol. The van der Waals surface area contributed by atoms with E-state index in [2.05, 4.69) is 0 Å². The lowest BCUT2D eigenvalue weighted by Crippen LogP contribution is -2.61. The molecule has 2 saturated carbocycles. The van der Waals surface area contributed by atoms with Crippen molar-refractivity contribution in [3.05, 3.63) is 0 Å². The fraction of sp³-hybridized carbons (Fsp3) is 0.867. The van der Waals surface area contributed by atoms with Gasteiger partial charge in [-0.25, -0.2) is 0 Å². The summed E-state index contributed by atoms with van der Waals surface area (Å²) in [6, 6.07) is 0. The molecule has 0 unspecified atom stereocenters. The van der Waals surface area contributed by atoms with E-state index in [1.54, 1.807) is 0 Å². The van der Waals surface area contributed by atoms with E-state index in [0.29, 0.717) is 19.3 Å². The van der Waals surface area contributed by atoms with Gasteiger partial charge in [0.25, 0.3) is 0 Å². The Labute approximate surface area is 129 Å². The van der Waals surface area contributed by atoms with Crippen molar-refractivity contribution in [2.75, 3.05) is 28.4 Å². The lowest BCUT2D eigenvalue weighted by atomic mass is 9.64. The minimum Gasteiger partial charge on any atom is -0.469 e. The van der Waals surface area contributed by atoms with Gasteiger partial charge in [-0.3, -0.25) is 9.59 Å². The monoisotopic (exact) mass is 316 g/mol. The lowest BCUT2D eigenvalue weighted by Gasteiger charge is -2.48. The molecular formula is C15H24O7. The van der Waals surface area contributed by atoms with Gasteiger partial charge in [-0.15, -0.1) is 0 Å². The Hall–Kier alpha value is -1.18. The summed E-state index contributed by atoms with van der Waals surface area (Å²) in [5.41, 5.74) is -1.22. The zero-order valence-electron chi connectivity index (χ0n) is 13.5. The summed E-state index contributed by atoms with van der Waals surface area (Å²) >= 11 is 0. The smallest absolute Gasteiger partial charge is 0.317 e. The van der Waals surface area contributed by atoms with E-state index in [9.17, 15) is 14.7 Å². The molecule has 0 saturated heterocycles. The molecule has 2 fully saturated rings. The molecule has 0 aliphatic heterocycles. The van der Waals surface area contributed by atoms with Crippen LogP contribution in [0.2, 0.25) is 0 Å². The number of esters is 2. The highest BCUT2D eigenvalue weighted by molar-refractivity contribution is 5.83. The van der Waals surface area contributed by atoms with Gasteiger partial charge in [-0.1, -0.05) is 0 Å². The van der Waals surface area contributed by atoms with Gasteiger partial charge in [0.1, 0.15) is 11.3 Å². The number of fused-ring (bicyclic) bond motifs is 1. The van der Waals surface area contributed by atoms with Crippen LogP contribution in [-0.2, 0) is 28.5 Å². The lowest BCUT2D eigenvalue weighted by molar-refractivity contribution is -0.294. The number of ether oxygens (including phenoxy) is 4. The normalized spacial score (nSPS) is 36.5. The molecule has 0 aromatic rings. The molecule has 7 heteroatoms. The second-order valence-electron chi connectivity index (χ2n) is 5.92. The summed E-state index contributed by atoms with van der Waals surface area (Å²) < 4.78 is 21.0. The minimum atomic E-state index is -1.50. The van der Waals surface area contributed by atoms with E-state index in [4.69, 9.17) is 18.9 Å². The highest BCUT2D eigenvalue weighted by Gasteiger charge is 2.74. The Morgan fingerprint density at radius 2 is 1.73 bits per heavy atom. The quantitative estimate of drug-likeness (QED) is 0.596. The van der Waals surface area contributed by atoms with Gasteiger partial charge in [0.2, 0.25) is 0 Å². The number of methoxy groups -OCH3 is 4. The van der Waals surface area contributed by atoms with Gasteiger partial charge < -0.3 is 24.1 Å². The number of hydrogen-bond donors (Lipinski definition) is 1. The molecule has 0 aromatic heterocycles.